The number of aliphatic hydroxyl groups is 2. The van der Waals surface area contributed by atoms with Crippen molar-refractivity contribution in [1.82, 2.24) is 20.4 Å². The van der Waals surface area contributed by atoms with Crippen molar-refractivity contribution >= 4 is 0 Å². The summed E-state index contributed by atoms with van der Waals surface area (Å²) in [5.41, 5.74) is 0.0711. The summed E-state index contributed by atoms with van der Waals surface area (Å²) >= 11 is 0. The lowest BCUT2D eigenvalue weighted by Gasteiger charge is -2.48. The second kappa shape index (κ2) is 17.2. The van der Waals surface area contributed by atoms with E-state index in [1.807, 2.05) is 0 Å². The van der Waals surface area contributed by atoms with Gasteiger partial charge in [-0.2, -0.15) is 0 Å². The Balaban J connectivity index is 2.71. The van der Waals surface area contributed by atoms with Crippen molar-refractivity contribution in [1.29, 1.82) is 0 Å². The van der Waals surface area contributed by atoms with Crippen LogP contribution in [0.5, 0.6) is 0 Å². The first-order valence-electron chi connectivity index (χ1n) is 13.6. The van der Waals surface area contributed by atoms with E-state index in [1.54, 1.807) is 0 Å². The zero-order chi connectivity index (χ0) is 23.8. The molecule has 1 heterocycles. The lowest BCUT2D eigenvalue weighted by atomic mass is 9.93. The van der Waals surface area contributed by atoms with Gasteiger partial charge < -0.3 is 20.8 Å². The van der Waals surface area contributed by atoms with Gasteiger partial charge in [-0.3, -0.25) is 9.80 Å². The molecule has 0 spiro atoms. The molecule has 0 aliphatic carbocycles. The zero-order valence-corrected chi connectivity index (χ0v) is 22.0. The summed E-state index contributed by atoms with van der Waals surface area (Å²) in [4.78, 5) is 5.41. The summed E-state index contributed by atoms with van der Waals surface area (Å²) in [5.74, 6) is 1.59. The predicted octanol–water partition coefficient (Wildman–Crippen LogP) is 3.29. The van der Waals surface area contributed by atoms with Gasteiger partial charge in [-0.15, -0.1) is 0 Å². The SMILES string of the molecule is CCCCC(CC)CN1CN(CC(CC)CCCC)CC(C)(NCCNCC(O)CO)C1. The van der Waals surface area contributed by atoms with Crippen LogP contribution in [0.15, 0.2) is 0 Å². The minimum Gasteiger partial charge on any atom is -0.394 e. The van der Waals surface area contributed by atoms with Crippen molar-refractivity contribution < 1.29 is 10.2 Å². The molecule has 0 aromatic heterocycles. The monoisotopic (exact) mass is 456 g/mol. The maximum Gasteiger partial charge on any atom is 0.0894 e. The summed E-state index contributed by atoms with van der Waals surface area (Å²) < 4.78 is 0. The van der Waals surface area contributed by atoms with E-state index >= 15 is 0 Å². The van der Waals surface area contributed by atoms with Crippen molar-refractivity contribution in [2.24, 2.45) is 11.8 Å². The van der Waals surface area contributed by atoms with Crippen molar-refractivity contribution in [3.8, 4) is 0 Å². The number of hydrogen-bond donors (Lipinski definition) is 4. The van der Waals surface area contributed by atoms with Crippen LogP contribution in [0.4, 0.5) is 0 Å². The van der Waals surface area contributed by atoms with Crippen LogP contribution in [0.2, 0.25) is 0 Å². The maximum absolute atomic E-state index is 9.52. The van der Waals surface area contributed by atoms with Crippen molar-refractivity contribution in [2.45, 2.75) is 97.6 Å². The van der Waals surface area contributed by atoms with E-state index in [0.29, 0.717) is 6.54 Å². The first-order valence-corrected chi connectivity index (χ1v) is 13.6. The van der Waals surface area contributed by atoms with Gasteiger partial charge in [0.05, 0.1) is 19.4 Å². The standard InChI is InChI=1S/C26H56N4O2/c1-6-10-12-23(8-3)17-29-20-26(5,28-15-14-27-16-25(32)19-31)21-30(22-29)18-24(9-4)13-11-7-2/h23-25,27-28,31-32H,6-22H2,1-5H3. The van der Waals surface area contributed by atoms with E-state index in [1.165, 1.54) is 64.5 Å². The fourth-order valence-corrected chi connectivity index (χ4v) is 5.13. The van der Waals surface area contributed by atoms with Crippen LogP contribution in [-0.2, 0) is 0 Å². The van der Waals surface area contributed by atoms with Gasteiger partial charge in [0, 0.05) is 51.4 Å². The van der Waals surface area contributed by atoms with Crippen LogP contribution < -0.4 is 10.6 Å². The lowest BCUT2D eigenvalue weighted by Crippen LogP contribution is -2.65. The number of nitrogens with one attached hydrogen (secondary N) is 2. The van der Waals surface area contributed by atoms with Gasteiger partial charge in [0.15, 0.2) is 0 Å². The summed E-state index contributed by atoms with van der Waals surface area (Å²) in [5, 5.41) is 25.6. The molecule has 3 unspecified atom stereocenters. The van der Waals surface area contributed by atoms with Gasteiger partial charge in [0.2, 0.25) is 0 Å². The lowest BCUT2D eigenvalue weighted by molar-refractivity contribution is 0.00510. The van der Waals surface area contributed by atoms with E-state index in [9.17, 15) is 5.11 Å². The van der Waals surface area contributed by atoms with E-state index in [-0.39, 0.29) is 12.1 Å². The Morgan fingerprint density at radius 2 is 1.41 bits per heavy atom. The highest BCUT2D eigenvalue weighted by Gasteiger charge is 2.35. The molecule has 1 rings (SSSR count). The summed E-state index contributed by atoms with van der Waals surface area (Å²) in [7, 11) is 0. The molecule has 1 saturated heterocycles. The van der Waals surface area contributed by atoms with Crippen molar-refractivity contribution in [3.05, 3.63) is 0 Å². The minimum atomic E-state index is -0.672. The van der Waals surface area contributed by atoms with Crippen LogP contribution >= 0.6 is 0 Å². The van der Waals surface area contributed by atoms with Gasteiger partial charge in [0.25, 0.3) is 0 Å². The second-order valence-electron chi connectivity index (χ2n) is 10.5. The molecule has 1 aliphatic rings. The highest BCUT2D eigenvalue weighted by molar-refractivity contribution is 4.94. The number of rotatable bonds is 19. The van der Waals surface area contributed by atoms with Crippen LogP contribution in [0.3, 0.4) is 0 Å². The van der Waals surface area contributed by atoms with Gasteiger partial charge in [-0.05, 0) is 31.6 Å². The fraction of sp³-hybridized carbons (Fsp3) is 1.00. The first-order chi connectivity index (χ1) is 15.4. The van der Waals surface area contributed by atoms with E-state index in [2.05, 4.69) is 55.1 Å². The fourth-order valence-electron chi connectivity index (χ4n) is 5.13. The van der Waals surface area contributed by atoms with E-state index in [0.717, 1.165) is 44.7 Å². The van der Waals surface area contributed by atoms with Crippen LogP contribution in [0, 0.1) is 11.8 Å². The Morgan fingerprint density at radius 3 is 1.84 bits per heavy atom. The van der Waals surface area contributed by atoms with Crippen LogP contribution in [0.25, 0.3) is 0 Å². The van der Waals surface area contributed by atoms with Crippen molar-refractivity contribution in [3.63, 3.8) is 0 Å². The third-order valence-electron chi connectivity index (χ3n) is 7.11. The maximum atomic E-state index is 9.52. The molecule has 3 atom stereocenters. The molecular formula is C26H56N4O2. The third kappa shape index (κ3) is 12.3. The summed E-state index contributed by atoms with van der Waals surface area (Å²) in [6.07, 6.45) is 9.81. The highest BCUT2D eigenvalue weighted by atomic mass is 16.3. The molecule has 0 bridgehead atoms. The molecule has 192 valence electrons. The molecule has 1 fully saturated rings. The first kappa shape index (κ1) is 29.8. The van der Waals surface area contributed by atoms with Crippen molar-refractivity contribution in [2.75, 3.05) is 59.1 Å². The molecule has 4 N–H and O–H groups in total. The second-order valence-corrected chi connectivity index (χ2v) is 10.5. The Labute approximate surface area is 199 Å². The van der Waals surface area contributed by atoms with E-state index < -0.39 is 6.10 Å². The molecule has 0 aromatic carbocycles. The average Bonchev–Trinajstić information content (AvgIpc) is 2.78. The third-order valence-corrected chi connectivity index (χ3v) is 7.11. The molecule has 0 radical (unpaired) electrons. The quantitative estimate of drug-likeness (QED) is 0.224. The number of aliphatic hydroxyl groups excluding tert-OH is 2. The topological polar surface area (TPSA) is 71.0 Å². The molecule has 6 heteroatoms. The smallest absolute Gasteiger partial charge is 0.0894 e. The number of hydrogen-bond acceptors (Lipinski definition) is 6. The molecule has 1 aliphatic heterocycles. The van der Waals surface area contributed by atoms with E-state index in [4.69, 9.17) is 5.11 Å². The van der Waals surface area contributed by atoms with Gasteiger partial charge in [-0.25, -0.2) is 0 Å². The van der Waals surface area contributed by atoms with Crippen LogP contribution in [-0.4, -0.2) is 90.7 Å². The minimum absolute atomic E-state index is 0.0711. The Morgan fingerprint density at radius 1 is 0.875 bits per heavy atom. The van der Waals surface area contributed by atoms with Crippen LogP contribution in [0.1, 0.15) is 86.0 Å². The number of unbranched alkanes of at least 4 members (excludes halogenated alkanes) is 2. The zero-order valence-electron chi connectivity index (χ0n) is 22.0. The molecule has 32 heavy (non-hydrogen) atoms. The molecule has 0 aromatic rings. The largest absolute Gasteiger partial charge is 0.394 e. The normalized spacial score (nSPS) is 23.3. The predicted molar refractivity (Wildman–Crippen MR) is 137 cm³/mol. The number of nitrogens with zero attached hydrogens (tertiary/aromatic N) is 2. The van der Waals surface area contributed by atoms with Gasteiger partial charge in [-0.1, -0.05) is 66.2 Å². The highest BCUT2D eigenvalue weighted by Crippen LogP contribution is 2.23. The molecule has 0 amide bonds. The summed E-state index contributed by atoms with van der Waals surface area (Å²) in [6.45, 7) is 19.3. The van der Waals surface area contributed by atoms with Gasteiger partial charge in [0.1, 0.15) is 0 Å². The molecular weight excluding hydrogens is 400 g/mol. The molecule has 6 nitrogen and oxygen atoms in total. The molecule has 0 saturated carbocycles. The Hall–Kier alpha value is -0.240. The average molecular weight is 457 g/mol. The Kier molecular flexibility index (Phi) is 16.0. The summed E-state index contributed by atoms with van der Waals surface area (Å²) in [6, 6.07) is 0. The van der Waals surface area contributed by atoms with Gasteiger partial charge >= 0.3 is 0 Å². The Bertz CT molecular complexity index is 426.